The first-order valence-corrected chi connectivity index (χ1v) is 5.59. The summed E-state index contributed by atoms with van der Waals surface area (Å²) >= 11 is 3.27. The van der Waals surface area contributed by atoms with E-state index < -0.39 is 0 Å². The molecule has 0 atom stereocenters. The summed E-state index contributed by atoms with van der Waals surface area (Å²) in [5.74, 6) is -0.108. The molecule has 0 spiro atoms. The highest BCUT2D eigenvalue weighted by Gasteiger charge is 2.03. The fourth-order valence-electron chi connectivity index (χ4n) is 1.48. The van der Waals surface area contributed by atoms with Crippen LogP contribution in [0.3, 0.4) is 0 Å². The van der Waals surface area contributed by atoms with E-state index in [1.807, 2.05) is 12.1 Å². The average molecular weight is 272 g/mol. The summed E-state index contributed by atoms with van der Waals surface area (Å²) in [5.41, 5.74) is 2.49. The molecule has 0 aliphatic rings. The molecule has 0 amide bonds. The SMILES string of the molecule is C=C(Br)CNCc1cc(C)c(F)c(C)c1. The smallest absolute Gasteiger partial charge is 0.129 e. The van der Waals surface area contributed by atoms with Crippen LogP contribution < -0.4 is 5.32 Å². The lowest BCUT2D eigenvalue weighted by atomic mass is 10.1. The minimum Gasteiger partial charge on any atom is -0.308 e. The third kappa shape index (κ3) is 3.76. The summed E-state index contributed by atoms with van der Waals surface area (Å²) < 4.78 is 14.2. The van der Waals surface area contributed by atoms with Gasteiger partial charge in [0, 0.05) is 17.6 Å². The molecule has 1 nitrogen and oxygen atoms in total. The van der Waals surface area contributed by atoms with Gasteiger partial charge in [0.2, 0.25) is 0 Å². The predicted molar refractivity (Wildman–Crippen MR) is 65.6 cm³/mol. The van der Waals surface area contributed by atoms with Crippen LogP contribution in [0.1, 0.15) is 16.7 Å². The van der Waals surface area contributed by atoms with E-state index in [9.17, 15) is 4.39 Å². The predicted octanol–water partition coefficient (Wildman–Crippen LogP) is 3.44. The normalized spacial score (nSPS) is 10.4. The minimum absolute atomic E-state index is 0.108. The largest absolute Gasteiger partial charge is 0.308 e. The van der Waals surface area contributed by atoms with Crippen molar-refractivity contribution in [2.45, 2.75) is 20.4 Å². The van der Waals surface area contributed by atoms with Crippen molar-refractivity contribution in [3.63, 3.8) is 0 Å². The molecule has 1 N–H and O–H groups in total. The van der Waals surface area contributed by atoms with Crippen molar-refractivity contribution in [2.24, 2.45) is 0 Å². The molecule has 0 aliphatic heterocycles. The number of hydrogen-bond acceptors (Lipinski definition) is 1. The van der Waals surface area contributed by atoms with Crippen LogP contribution in [-0.4, -0.2) is 6.54 Å². The molecular weight excluding hydrogens is 257 g/mol. The number of aryl methyl sites for hydroxylation is 2. The van der Waals surface area contributed by atoms with Gasteiger partial charge in [0.15, 0.2) is 0 Å². The van der Waals surface area contributed by atoms with Gasteiger partial charge in [-0.15, -0.1) is 0 Å². The second-order valence-electron chi connectivity index (χ2n) is 3.66. The first kappa shape index (κ1) is 12.4. The minimum atomic E-state index is -0.108. The van der Waals surface area contributed by atoms with Crippen LogP contribution in [0.4, 0.5) is 4.39 Å². The number of hydrogen-bond donors (Lipinski definition) is 1. The average Bonchev–Trinajstić information content (AvgIpc) is 2.13. The monoisotopic (exact) mass is 271 g/mol. The maximum atomic E-state index is 13.3. The Morgan fingerprint density at radius 1 is 1.40 bits per heavy atom. The summed E-state index contributed by atoms with van der Waals surface area (Å²) in [7, 11) is 0. The maximum absolute atomic E-state index is 13.3. The second kappa shape index (κ2) is 5.42. The number of halogens is 2. The van der Waals surface area contributed by atoms with Crippen molar-refractivity contribution in [1.82, 2.24) is 5.32 Å². The molecule has 0 heterocycles. The van der Waals surface area contributed by atoms with E-state index in [4.69, 9.17) is 0 Å². The number of rotatable bonds is 4. The van der Waals surface area contributed by atoms with Crippen molar-refractivity contribution in [2.75, 3.05) is 6.54 Å². The molecule has 0 saturated heterocycles. The number of benzene rings is 1. The Labute approximate surface area is 98.5 Å². The topological polar surface area (TPSA) is 12.0 Å². The molecular formula is C12H15BrFN. The van der Waals surface area contributed by atoms with Gasteiger partial charge >= 0.3 is 0 Å². The summed E-state index contributed by atoms with van der Waals surface area (Å²) in [4.78, 5) is 0. The molecule has 0 saturated carbocycles. The van der Waals surface area contributed by atoms with Crippen LogP contribution in [0.15, 0.2) is 23.2 Å². The van der Waals surface area contributed by atoms with Gasteiger partial charge in [-0.1, -0.05) is 34.6 Å². The third-order valence-corrected chi connectivity index (χ3v) is 2.42. The van der Waals surface area contributed by atoms with Crippen molar-refractivity contribution < 1.29 is 4.39 Å². The first-order valence-electron chi connectivity index (χ1n) is 4.80. The van der Waals surface area contributed by atoms with E-state index in [-0.39, 0.29) is 5.82 Å². The van der Waals surface area contributed by atoms with E-state index in [2.05, 4.69) is 27.8 Å². The van der Waals surface area contributed by atoms with Crippen molar-refractivity contribution in [1.29, 1.82) is 0 Å². The summed E-state index contributed by atoms with van der Waals surface area (Å²) in [6.45, 7) is 8.75. The zero-order valence-corrected chi connectivity index (χ0v) is 10.6. The highest BCUT2D eigenvalue weighted by molar-refractivity contribution is 9.11. The molecule has 0 unspecified atom stereocenters. The van der Waals surface area contributed by atoms with Gasteiger partial charge in [0.25, 0.3) is 0 Å². The van der Waals surface area contributed by atoms with Gasteiger partial charge < -0.3 is 5.32 Å². The Morgan fingerprint density at radius 3 is 2.40 bits per heavy atom. The summed E-state index contributed by atoms with van der Waals surface area (Å²) in [5, 5.41) is 3.21. The molecule has 0 bridgehead atoms. The standard InChI is InChI=1S/C12H15BrFN/c1-8-4-11(5-9(2)12(8)14)7-15-6-10(3)13/h4-5,15H,3,6-7H2,1-2H3. The molecule has 1 aromatic carbocycles. The van der Waals surface area contributed by atoms with Gasteiger partial charge in [-0.05, 0) is 30.5 Å². The fraction of sp³-hybridized carbons (Fsp3) is 0.333. The number of nitrogens with one attached hydrogen (secondary N) is 1. The van der Waals surface area contributed by atoms with Gasteiger partial charge in [-0.2, -0.15) is 0 Å². The summed E-state index contributed by atoms with van der Waals surface area (Å²) in [6, 6.07) is 3.73. The fourth-order valence-corrected chi connectivity index (χ4v) is 1.68. The van der Waals surface area contributed by atoms with Gasteiger partial charge in [0.05, 0.1) is 0 Å². The maximum Gasteiger partial charge on any atom is 0.129 e. The highest BCUT2D eigenvalue weighted by atomic mass is 79.9. The molecule has 15 heavy (non-hydrogen) atoms. The van der Waals surface area contributed by atoms with Crippen molar-refractivity contribution in [3.8, 4) is 0 Å². The Kier molecular flexibility index (Phi) is 4.48. The molecule has 3 heteroatoms. The molecule has 0 aromatic heterocycles. The van der Waals surface area contributed by atoms with Crippen LogP contribution in [0.25, 0.3) is 0 Å². The van der Waals surface area contributed by atoms with E-state index in [0.29, 0.717) is 11.1 Å². The van der Waals surface area contributed by atoms with Crippen LogP contribution in [0.2, 0.25) is 0 Å². The quantitative estimate of drug-likeness (QED) is 0.885. The summed E-state index contributed by atoms with van der Waals surface area (Å²) in [6.07, 6.45) is 0. The van der Waals surface area contributed by atoms with Crippen LogP contribution >= 0.6 is 15.9 Å². The Hall–Kier alpha value is -0.670. The Balaban J connectivity index is 2.66. The highest BCUT2D eigenvalue weighted by Crippen LogP contribution is 2.14. The van der Waals surface area contributed by atoms with Gasteiger partial charge in [-0.25, -0.2) is 4.39 Å². The zero-order valence-electron chi connectivity index (χ0n) is 9.03. The zero-order chi connectivity index (χ0) is 11.4. The van der Waals surface area contributed by atoms with Gasteiger partial charge in [0.1, 0.15) is 5.82 Å². The van der Waals surface area contributed by atoms with Crippen LogP contribution in [-0.2, 0) is 6.54 Å². The van der Waals surface area contributed by atoms with E-state index in [1.54, 1.807) is 13.8 Å². The lowest BCUT2D eigenvalue weighted by Gasteiger charge is -2.07. The van der Waals surface area contributed by atoms with E-state index in [0.717, 1.165) is 23.1 Å². The van der Waals surface area contributed by atoms with Crippen molar-refractivity contribution >= 4 is 15.9 Å². The molecule has 0 aliphatic carbocycles. The van der Waals surface area contributed by atoms with Crippen molar-refractivity contribution in [3.05, 3.63) is 45.7 Å². The Morgan fingerprint density at radius 2 is 1.93 bits per heavy atom. The lowest BCUT2D eigenvalue weighted by molar-refractivity contribution is 0.607. The molecule has 82 valence electrons. The van der Waals surface area contributed by atoms with Crippen LogP contribution in [0, 0.1) is 19.7 Å². The van der Waals surface area contributed by atoms with E-state index >= 15 is 0 Å². The first-order chi connectivity index (χ1) is 7.00. The molecule has 1 aromatic rings. The van der Waals surface area contributed by atoms with Gasteiger partial charge in [-0.3, -0.25) is 0 Å². The molecule has 0 fully saturated rings. The van der Waals surface area contributed by atoms with E-state index in [1.165, 1.54) is 0 Å². The molecule has 0 radical (unpaired) electrons. The lowest BCUT2D eigenvalue weighted by Crippen LogP contribution is -2.14. The second-order valence-corrected chi connectivity index (χ2v) is 4.79. The Bertz CT molecular complexity index is 351. The molecule has 1 rings (SSSR count). The van der Waals surface area contributed by atoms with Crippen LogP contribution in [0.5, 0.6) is 0 Å². The third-order valence-electron chi connectivity index (χ3n) is 2.14.